The first-order chi connectivity index (χ1) is 13.9. The maximum Gasteiger partial charge on any atom is 0.408 e. The molecule has 0 saturated heterocycles. The standard InChI is InChI=1S/C21H26N2O6/c1-13-18(27-3)15(11-17(26-2)19(13)28-4)10-16(20(22)24)23-21(25)29-12-14-8-6-5-7-9-14/h5-9,11,16H,10,12H2,1-4H3,(H2,22,24)(H,23,25). The van der Waals surface area contributed by atoms with Crippen molar-refractivity contribution >= 4 is 12.0 Å². The molecule has 1 atom stereocenters. The van der Waals surface area contributed by atoms with Gasteiger partial charge >= 0.3 is 6.09 Å². The van der Waals surface area contributed by atoms with E-state index in [4.69, 9.17) is 24.7 Å². The second-order valence-corrected chi connectivity index (χ2v) is 6.29. The molecule has 2 aromatic rings. The number of carbonyl (C=O) groups is 2. The Hall–Kier alpha value is -3.42. The van der Waals surface area contributed by atoms with E-state index >= 15 is 0 Å². The van der Waals surface area contributed by atoms with Gasteiger partial charge in [-0.25, -0.2) is 4.79 Å². The van der Waals surface area contributed by atoms with Crippen LogP contribution in [0, 0.1) is 6.92 Å². The molecule has 0 aliphatic rings. The van der Waals surface area contributed by atoms with E-state index in [1.165, 1.54) is 21.3 Å². The van der Waals surface area contributed by atoms with Gasteiger partial charge in [-0.2, -0.15) is 0 Å². The lowest BCUT2D eigenvalue weighted by Gasteiger charge is -2.21. The van der Waals surface area contributed by atoms with E-state index < -0.39 is 18.0 Å². The third kappa shape index (κ3) is 5.54. The third-order valence-electron chi connectivity index (χ3n) is 4.40. The van der Waals surface area contributed by atoms with Crippen LogP contribution in [0.25, 0.3) is 0 Å². The normalized spacial score (nSPS) is 11.3. The van der Waals surface area contributed by atoms with Crippen LogP contribution < -0.4 is 25.3 Å². The van der Waals surface area contributed by atoms with Crippen molar-refractivity contribution in [1.29, 1.82) is 0 Å². The van der Waals surface area contributed by atoms with E-state index in [0.29, 0.717) is 28.4 Å². The van der Waals surface area contributed by atoms with Crippen LogP contribution in [0.4, 0.5) is 4.79 Å². The van der Waals surface area contributed by atoms with E-state index in [-0.39, 0.29) is 13.0 Å². The number of amides is 2. The van der Waals surface area contributed by atoms with Gasteiger partial charge in [0.25, 0.3) is 0 Å². The first kappa shape index (κ1) is 21.9. The van der Waals surface area contributed by atoms with E-state index in [2.05, 4.69) is 5.32 Å². The zero-order valence-electron chi connectivity index (χ0n) is 17.0. The molecule has 1 unspecified atom stereocenters. The van der Waals surface area contributed by atoms with Gasteiger partial charge in [-0.1, -0.05) is 30.3 Å². The van der Waals surface area contributed by atoms with Crippen molar-refractivity contribution in [3.63, 3.8) is 0 Å². The zero-order valence-corrected chi connectivity index (χ0v) is 17.0. The fourth-order valence-electron chi connectivity index (χ4n) is 3.01. The lowest BCUT2D eigenvalue weighted by atomic mass is 10.0. The minimum atomic E-state index is -0.996. The zero-order chi connectivity index (χ0) is 21.4. The lowest BCUT2D eigenvalue weighted by Crippen LogP contribution is -2.46. The summed E-state index contributed by atoms with van der Waals surface area (Å²) in [7, 11) is 4.55. The van der Waals surface area contributed by atoms with E-state index in [1.54, 1.807) is 6.07 Å². The number of ether oxygens (including phenoxy) is 4. The highest BCUT2D eigenvalue weighted by Gasteiger charge is 2.24. The minimum Gasteiger partial charge on any atom is -0.496 e. The molecule has 156 valence electrons. The average Bonchev–Trinajstić information content (AvgIpc) is 2.72. The Labute approximate surface area is 169 Å². The minimum absolute atomic E-state index is 0.0803. The number of methoxy groups -OCH3 is 3. The van der Waals surface area contributed by atoms with Crippen LogP contribution >= 0.6 is 0 Å². The highest BCUT2D eigenvalue weighted by molar-refractivity contribution is 5.84. The summed E-state index contributed by atoms with van der Waals surface area (Å²) in [5.74, 6) is 0.833. The molecule has 0 aliphatic heterocycles. The predicted molar refractivity (Wildman–Crippen MR) is 107 cm³/mol. The molecule has 2 amide bonds. The average molecular weight is 402 g/mol. The summed E-state index contributed by atoms with van der Waals surface area (Å²) < 4.78 is 21.4. The summed E-state index contributed by atoms with van der Waals surface area (Å²) in [6.07, 6.45) is -0.644. The van der Waals surface area contributed by atoms with Crippen LogP contribution in [0.15, 0.2) is 36.4 Å². The van der Waals surface area contributed by atoms with Crippen LogP contribution in [0.3, 0.4) is 0 Å². The third-order valence-corrected chi connectivity index (χ3v) is 4.40. The van der Waals surface area contributed by atoms with Crippen molar-refractivity contribution in [2.24, 2.45) is 5.73 Å². The molecule has 8 heteroatoms. The predicted octanol–water partition coefficient (Wildman–Crippen LogP) is 2.34. The second-order valence-electron chi connectivity index (χ2n) is 6.29. The van der Waals surface area contributed by atoms with E-state index in [9.17, 15) is 9.59 Å². The Bertz CT molecular complexity index is 854. The summed E-state index contributed by atoms with van der Waals surface area (Å²) in [5.41, 5.74) is 7.66. The maximum absolute atomic E-state index is 12.1. The van der Waals surface area contributed by atoms with Crippen LogP contribution in [0.5, 0.6) is 17.2 Å². The molecule has 29 heavy (non-hydrogen) atoms. The number of rotatable bonds is 9. The Kier molecular flexibility index (Phi) is 7.70. The largest absolute Gasteiger partial charge is 0.496 e. The number of nitrogens with one attached hydrogen (secondary N) is 1. The van der Waals surface area contributed by atoms with Gasteiger partial charge in [-0.15, -0.1) is 0 Å². The van der Waals surface area contributed by atoms with Gasteiger partial charge in [0.2, 0.25) is 5.91 Å². The first-order valence-electron chi connectivity index (χ1n) is 8.96. The molecule has 0 fully saturated rings. The summed E-state index contributed by atoms with van der Waals surface area (Å²) in [6.45, 7) is 1.89. The molecule has 3 N–H and O–H groups in total. The fraction of sp³-hybridized carbons (Fsp3) is 0.333. The summed E-state index contributed by atoms with van der Waals surface area (Å²) in [6, 6.07) is 9.91. The fourth-order valence-corrected chi connectivity index (χ4v) is 3.01. The molecule has 0 bridgehead atoms. The van der Waals surface area contributed by atoms with Gasteiger partial charge in [0, 0.05) is 17.5 Å². The summed E-state index contributed by atoms with van der Waals surface area (Å²) >= 11 is 0. The van der Waals surface area contributed by atoms with Crippen LogP contribution in [-0.4, -0.2) is 39.4 Å². The van der Waals surface area contributed by atoms with Crippen molar-refractivity contribution in [2.45, 2.75) is 26.0 Å². The molecule has 8 nitrogen and oxygen atoms in total. The van der Waals surface area contributed by atoms with Gasteiger partial charge in [-0.3, -0.25) is 4.79 Å². The molecule has 0 heterocycles. The van der Waals surface area contributed by atoms with Gasteiger partial charge in [-0.05, 0) is 18.6 Å². The lowest BCUT2D eigenvalue weighted by molar-refractivity contribution is -0.119. The Morgan fingerprint density at radius 2 is 1.69 bits per heavy atom. The number of carbonyl (C=O) groups excluding carboxylic acids is 2. The molecule has 0 spiro atoms. The molecular formula is C21H26N2O6. The quantitative estimate of drug-likeness (QED) is 0.666. The van der Waals surface area contributed by atoms with Gasteiger partial charge in [0.15, 0.2) is 11.5 Å². The molecule has 2 aromatic carbocycles. The molecule has 0 aromatic heterocycles. The van der Waals surface area contributed by atoms with Crippen molar-refractivity contribution in [1.82, 2.24) is 5.32 Å². The topological polar surface area (TPSA) is 109 Å². The van der Waals surface area contributed by atoms with E-state index in [1.807, 2.05) is 37.3 Å². The van der Waals surface area contributed by atoms with Crippen molar-refractivity contribution < 1.29 is 28.5 Å². The molecule has 2 rings (SSSR count). The Morgan fingerprint density at radius 3 is 2.24 bits per heavy atom. The first-order valence-corrected chi connectivity index (χ1v) is 8.96. The van der Waals surface area contributed by atoms with Crippen molar-refractivity contribution in [3.8, 4) is 17.2 Å². The molecule has 0 radical (unpaired) electrons. The Balaban J connectivity index is 2.16. The monoisotopic (exact) mass is 402 g/mol. The number of hydrogen-bond donors (Lipinski definition) is 2. The van der Waals surface area contributed by atoms with E-state index in [0.717, 1.165) is 5.56 Å². The van der Waals surface area contributed by atoms with Crippen LogP contribution in [0.2, 0.25) is 0 Å². The smallest absolute Gasteiger partial charge is 0.408 e. The van der Waals surface area contributed by atoms with Crippen LogP contribution in [0.1, 0.15) is 16.7 Å². The van der Waals surface area contributed by atoms with Crippen molar-refractivity contribution in [2.75, 3.05) is 21.3 Å². The molecule has 0 aliphatic carbocycles. The van der Waals surface area contributed by atoms with Crippen LogP contribution in [-0.2, 0) is 22.6 Å². The number of primary amides is 1. The van der Waals surface area contributed by atoms with Crippen molar-refractivity contribution in [3.05, 3.63) is 53.1 Å². The van der Waals surface area contributed by atoms with Gasteiger partial charge in [0.05, 0.1) is 21.3 Å². The summed E-state index contributed by atoms with van der Waals surface area (Å²) in [5, 5.41) is 2.51. The number of benzene rings is 2. The molecular weight excluding hydrogens is 376 g/mol. The van der Waals surface area contributed by atoms with Gasteiger partial charge in [0.1, 0.15) is 18.4 Å². The number of hydrogen-bond acceptors (Lipinski definition) is 6. The number of alkyl carbamates (subject to hydrolysis) is 1. The number of nitrogens with two attached hydrogens (primary N) is 1. The van der Waals surface area contributed by atoms with Gasteiger partial charge < -0.3 is 30.0 Å². The molecule has 0 saturated carbocycles. The maximum atomic E-state index is 12.1. The Morgan fingerprint density at radius 1 is 1.03 bits per heavy atom. The highest BCUT2D eigenvalue weighted by Crippen LogP contribution is 2.40. The highest BCUT2D eigenvalue weighted by atomic mass is 16.5. The SMILES string of the molecule is COc1cc(CC(NC(=O)OCc2ccccc2)C(N)=O)c(OC)c(C)c1OC. The second kappa shape index (κ2) is 10.2. The summed E-state index contributed by atoms with van der Waals surface area (Å²) in [4.78, 5) is 24.1.